The first-order chi connectivity index (χ1) is 7.75. The molecule has 0 bridgehead atoms. The summed E-state index contributed by atoms with van der Waals surface area (Å²) in [5.41, 5.74) is 1.42. The SMILES string of the molecule is CC1=CCN(C(=O)CC2CCNCC2)CC1. The predicted octanol–water partition coefficient (Wildman–Crippen LogP) is 1.55. The molecule has 1 amide bonds. The number of hydrogen-bond donors (Lipinski definition) is 1. The third-order valence-corrected chi connectivity index (χ3v) is 3.71. The van der Waals surface area contributed by atoms with E-state index >= 15 is 0 Å². The van der Waals surface area contributed by atoms with Crippen LogP contribution >= 0.6 is 0 Å². The van der Waals surface area contributed by atoms with Gasteiger partial charge >= 0.3 is 0 Å². The molecule has 2 aliphatic heterocycles. The molecule has 2 heterocycles. The van der Waals surface area contributed by atoms with Gasteiger partial charge < -0.3 is 10.2 Å². The standard InChI is InChI=1S/C13H22N2O/c1-11-4-8-15(9-5-11)13(16)10-12-2-6-14-7-3-12/h4,12,14H,2-3,5-10H2,1H3. The molecular weight excluding hydrogens is 200 g/mol. The van der Waals surface area contributed by atoms with E-state index in [-0.39, 0.29) is 0 Å². The van der Waals surface area contributed by atoms with Crippen LogP contribution in [0.2, 0.25) is 0 Å². The van der Waals surface area contributed by atoms with Crippen molar-refractivity contribution in [1.82, 2.24) is 10.2 Å². The van der Waals surface area contributed by atoms with Crippen molar-refractivity contribution in [2.45, 2.75) is 32.6 Å². The summed E-state index contributed by atoms with van der Waals surface area (Å²) >= 11 is 0. The molecule has 0 aromatic rings. The van der Waals surface area contributed by atoms with Crippen molar-refractivity contribution in [3.05, 3.63) is 11.6 Å². The maximum atomic E-state index is 12.0. The van der Waals surface area contributed by atoms with Crippen LogP contribution in [0.3, 0.4) is 0 Å². The summed E-state index contributed by atoms with van der Waals surface area (Å²) in [7, 11) is 0. The minimum atomic E-state index is 0.357. The maximum Gasteiger partial charge on any atom is 0.223 e. The summed E-state index contributed by atoms with van der Waals surface area (Å²) in [6.45, 7) is 6.06. The fourth-order valence-corrected chi connectivity index (χ4v) is 2.46. The van der Waals surface area contributed by atoms with Gasteiger partial charge in [-0.2, -0.15) is 0 Å². The molecular formula is C13H22N2O. The topological polar surface area (TPSA) is 32.3 Å². The molecule has 0 aromatic carbocycles. The Hall–Kier alpha value is -0.830. The molecule has 3 heteroatoms. The predicted molar refractivity (Wildman–Crippen MR) is 65.2 cm³/mol. The number of nitrogens with one attached hydrogen (secondary N) is 1. The van der Waals surface area contributed by atoms with Gasteiger partial charge in [-0.15, -0.1) is 0 Å². The molecule has 0 aliphatic carbocycles. The van der Waals surface area contributed by atoms with Crippen LogP contribution in [-0.2, 0) is 4.79 Å². The van der Waals surface area contributed by atoms with Gasteiger partial charge in [0.05, 0.1) is 0 Å². The van der Waals surface area contributed by atoms with Crippen LogP contribution in [0.5, 0.6) is 0 Å². The summed E-state index contributed by atoms with van der Waals surface area (Å²) in [5.74, 6) is 0.969. The third-order valence-electron chi connectivity index (χ3n) is 3.71. The molecule has 0 aromatic heterocycles. The lowest BCUT2D eigenvalue weighted by molar-refractivity contribution is -0.132. The van der Waals surface area contributed by atoms with E-state index in [9.17, 15) is 4.79 Å². The number of nitrogens with zero attached hydrogens (tertiary/aromatic N) is 1. The highest BCUT2D eigenvalue weighted by molar-refractivity contribution is 5.76. The van der Waals surface area contributed by atoms with Gasteiger partial charge in [0.25, 0.3) is 0 Å². The minimum Gasteiger partial charge on any atom is -0.339 e. The van der Waals surface area contributed by atoms with Gasteiger partial charge in [-0.05, 0) is 45.2 Å². The molecule has 90 valence electrons. The number of piperidine rings is 1. The zero-order chi connectivity index (χ0) is 11.4. The Labute approximate surface area is 97.9 Å². The number of rotatable bonds is 2. The van der Waals surface area contributed by atoms with Gasteiger partial charge in [0.2, 0.25) is 5.91 Å². The second-order valence-electron chi connectivity index (χ2n) is 5.04. The Kier molecular flexibility index (Phi) is 3.99. The molecule has 1 fully saturated rings. The molecule has 0 saturated carbocycles. The van der Waals surface area contributed by atoms with E-state index in [0.29, 0.717) is 11.8 Å². The van der Waals surface area contributed by atoms with E-state index in [1.54, 1.807) is 0 Å². The zero-order valence-corrected chi connectivity index (χ0v) is 10.2. The Balaban J connectivity index is 1.79. The second kappa shape index (κ2) is 5.48. The molecule has 2 aliphatic rings. The van der Waals surface area contributed by atoms with E-state index in [2.05, 4.69) is 18.3 Å². The van der Waals surface area contributed by atoms with Crippen LogP contribution < -0.4 is 5.32 Å². The molecule has 1 N–H and O–H groups in total. The normalized spacial score (nSPS) is 23.1. The van der Waals surface area contributed by atoms with Gasteiger partial charge in [-0.1, -0.05) is 11.6 Å². The smallest absolute Gasteiger partial charge is 0.223 e. The minimum absolute atomic E-state index is 0.357. The van der Waals surface area contributed by atoms with E-state index in [0.717, 1.165) is 51.9 Å². The average Bonchev–Trinajstić information content (AvgIpc) is 2.31. The lowest BCUT2D eigenvalue weighted by Crippen LogP contribution is -2.37. The van der Waals surface area contributed by atoms with E-state index in [4.69, 9.17) is 0 Å². The Bertz CT molecular complexity index is 280. The lowest BCUT2D eigenvalue weighted by atomic mass is 9.94. The lowest BCUT2D eigenvalue weighted by Gasteiger charge is -2.28. The fourth-order valence-electron chi connectivity index (χ4n) is 2.46. The highest BCUT2D eigenvalue weighted by atomic mass is 16.2. The van der Waals surface area contributed by atoms with Gasteiger partial charge in [0.15, 0.2) is 0 Å². The summed E-state index contributed by atoms with van der Waals surface area (Å²) in [6.07, 6.45) is 6.32. The second-order valence-corrected chi connectivity index (χ2v) is 5.04. The number of carbonyl (C=O) groups is 1. The van der Waals surface area contributed by atoms with Crippen LogP contribution in [0, 0.1) is 5.92 Å². The van der Waals surface area contributed by atoms with Crippen LogP contribution in [0.4, 0.5) is 0 Å². The van der Waals surface area contributed by atoms with Gasteiger partial charge in [0.1, 0.15) is 0 Å². The zero-order valence-electron chi connectivity index (χ0n) is 10.2. The molecule has 0 atom stereocenters. The van der Waals surface area contributed by atoms with Crippen LogP contribution in [-0.4, -0.2) is 37.0 Å². The fraction of sp³-hybridized carbons (Fsp3) is 0.769. The van der Waals surface area contributed by atoms with Crippen molar-refractivity contribution in [3.63, 3.8) is 0 Å². The van der Waals surface area contributed by atoms with Crippen molar-refractivity contribution in [2.24, 2.45) is 5.92 Å². The van der Waals surface area contributed by atoms with Crippen molar-refractivity contribution in [1.29, 1.82) is 0 Å². The van der Waals surface area contributed by atoms with Crippen LogP contribution in [0.15, 0.2) is 11.6 Å². The summed E-state index contributed by atoms with van der Waals surface area (Å²) < 4.78 is 0. The molecule has 0 radical (unpaired) electrons. The summed E-state index contributed by atoms with van der Waals surface area (Å²) in [4.78, 5) is 14.1. The third kappa shape index (κ3) is 3.08. The molecule has 3 nitrogen and oxygen atoms in total. The average molecular weight is 222 g/mol. The quantitative estimate of drug-likeness (QED) is 0.719. The van der Waals surface area contributed by atoms with Gasteiger partial charge in [0, 0.05) is 19.5 Å². The number of carbonyl (C=O) groups excluding carboxylic acids is 1. The van der Waals surface area contributed by atoms with E-state index < -0.39 is 0 Å². The number of amides is 1. The van der Waals surface area contributed by atoms with Crippen molar-refractivity contribution in [3.8, 4) is 0 Å². The first kappa shape index (κ1) is 11.6. The van der Waals surface area contributed by atoms with Gasteiger partial charge in [-0.3, -0.25) is 4.79 Å². The Morgan fingerprint density at radius 3 is 2.88 bits per heavy atom. The molecule has 0 spiro atoms. The first-order valence-electron chi connectivity index (χ1n) is 6.40. The van der Waals surface area contributed by atoms with E-state index in [1.807, 2.05) is 4.90 Å². The largest absolute Gasteiger partial charge is 0.339 e. The molecule has 16 heavy (non-hydrogen) atoms. The van der Waals surface area contributed by atoms with Crippen molar-refractivity contribution < 1.29 is 4.79 Å². The Morgan fingerprint density at radius 1 is 1.50 bits per heavy atom. The highest BCUT2D eigenvalue weighted by Gasteiger charge is 2.21. The van der Waals surface area contributed by atoms with Gasteiger partial charge in [-0.25, -0.2) is 0 Å². The molecule has 1 saturated heterocycles. The first-order valence-corrected chi connectivity index (χ1v) is 6.40. The van der Waals surface area contributed by atoms with Crippen molar-refractivity contribution >= 4 is 5.91 Å². The monoisotopic (exact) mass is 222 g/mol. The van der Waals surface area contributed by atoms with E-state index in [1.165, 1.54) is 5.57 Å². The van der Waals surface area contributed by atoms with Crippen molar-refractivity contribution in [2.75, 3.05) is 26.2 Å². The van der Waals surface area contributed by atoms with Crippen LogP contribution in [0.1, 0.15) is 32.6 Å². The Morgan fingerprint density at radius 2 is 2.25 bits per heavy atom. The highest BCUT2D eigenvalue weighted by Crippen LogP contribution is 2.19. The number of hydrogen-bond acceptors (Lipinski definition) is 2. The summed E-state index contributed by atoms with van der Waals surface area (Å²) in [5, 5.41) is 3.34. The molecule has 0 unspecified atom stereocenters. The summed E-state index contributed by atoms with van der Waals surface area (Å²) in [6, 6.07) is 0. The maximum absolute atomic E-state index is 12.0. The molecule has 2 rings (SSSR count). The van der Waals surface area contributed by atoms with Crippen LogP contribution in [0.25, 0.3) is 0 Å².